The van der Waals surface area contributed by atoms with E-state index in [0.717, 1.165) is 7.11 Å². The highest BCUT2D eigenvalue weighted by Gasteiger charge is 2.42. The summed E-state index contributed by atoms with van der Waals surface area (Å²) < 4.78 is 57.7. The van der Waals surface area contributed by atoms with Crippen LogP contribution in [0.2, 0.25) is 0 Å². The van der Waals surface area contributed by atoms with E-state index < -0.39 is 23.6 Å². The first-order chi connectivity index (χ1) is 8.84. The molecule has 1 aromatic carbocycles. The second-order valence-corrected chi connectivity index (χ2v) is 4.48. The summed E-state index contributed by atoms with van der Waals surface area (Å²) in [6, 6.07) is 5.99. The van der Waals surface area contributed by atoms with Crippen molar-refractivity contribution in [1.82, 2.24) is 9.78 Å². The highest BCUT2D eigenvalue weighted by molar-refractivity contribution is 9.10. The average Bonchev–Trinajstić information content (AvgIpc) is 2.67. The minimum absolute atomic E-state index is 0.162. The zero-order valence-corrected chi connectivity index (χ0v) is 11.1. The molecule has 0 aliphatic carbocycles. The number of hydrogen-bond donors (Lipinski definition) is 0. The van der Waals surface area contributed by atoms with Crippen LogP contribution in [0, 0.1) is 5.95 Å². The summed E-state index contributed by atoms with van der Waals surface area (Å²) in [4.78, 5) is 0. The molecule has 102 valence electrons. The molecule has 0 N–H and O–H groups in total. The Kier molecular flexibility index (Phi) is 3.53. The molecule has 0 amide bonds. The molecule has 2 rings (SSSR count). The third-order valence-corrected chi connectivity index (χ3v) is 2.87. The van der Waals surface area contributed by atoms with Crippen molar-refractivity contribution in [3.8, 4) is 11.6 Å². The smallest absolute Gasteiger partial charge is 0.426 e. The second-order valence-electron chi connectivity index (χ2n) is 3.56. The molecule has 0 aliphatic heterocycles. The molecule has 3 nitrogen and oxygen atoms in total. The number of alkyl halides is 3. The van der Waals surface area contributed by atoms with E-state index in [1.807, 2.05) is 0 Å². The van der Waals surface area contributed by atoms with E-state index >= 15 is 0 Å². The van der Waals surface area contributed by atoms with Gasteiger partial charge in [0.25, 0.3) is 0 Å². The molecule has 0 spiro atoms. The quantitative estimate of drug-likeness (QED) is 0.779. The fourth-order valence-corrected chi connectivity index (χ4v) is 1.78. The lowest BCUT2D eigenvalue weighted by atomic mass is 10.3. The van der Waals surface area contributed by atoms with Crippen molar-refractivity contribution in [2.45, 2.75) is 6.18 Å². The summed E-state index contributed by atoms with van der Waals surface area (Å²) in [5, 5.41) is 3.48. The lowest BCUT2D eigenvalue weighted by molar-refractivity contribution is -0.141. The molecule has 19 heavy (non-hydrogen) atoms. The predicted molar refractivity (Wildman–Crippen MR) is 62.8 cm³/mol. The molecule has 8 heteroatoms. The van der Waals surface area contributed by atoms with Gasteiger partial charge in [-0.3, -0.25) is 0 Å². The fraction of sp³-hybridized carbons (Fsp3) is 0.182. The number of benzene rings is 1. The maximum atomic E-state index is 13.9. The van der Waals surface area contributed by atoms with Crippen molar-refractivity contribution in [2.75, 3.05) is 7.11 Å². The molecule has 0 fully saturated rings. The fourth-order valence-electron chi connectivity index (χ4n) is 1.51. The van der Waals surface area contributed by atoms with E-state index in [0.29, 0.717) is 9.15 Å². The van der Waals surface area contributed by atoms with E-state index in [-0.39, 0.29) is 5.69 Å². The van der Waals surface area contributed by atoms with Gasteiger partial charge < -0.3 is 4.74 Å². The molecule has 0 aliphatic rings. The second kappa shape index (κ2) is 4.84. The van der Waals surface area contributed by atoms with Crippen LogP contribution in [-0.2, 0) is 6.18 Å². The molecule has 0 atom stereocenters. The van der Waals surface area contributed by atoms with E-state index in [2.05, 4.69) is 25.8 Å². The third-order valence-electron chi connectivity index (χ3n) is 2.34. The van der Waals surface area contributed by atoms with Gasteiger partial charge in [-0.15, -0.1) is 5.10 Å². The summed E-state index contributed by atoms with van der Waals surface area (Å²) >= 11 is 3.17. The number of hydrogen-bond acceptors (Lipinski definition) is 2. The Balaban J connectivity index is 2.60. The summed E-state index contributed by atoms with van der Waals surface area (Å²) in [7, 11) is 1.00. The van der Waals surface area contributed by atoms with Gasteiger partial charge >= 0.3 is 6.18 Å². The lowest BCUT2D eigenvalue weighted by Crippen LogP contribution is -2.09. The molecule has 1 heterocycles. The van der Waals surface area contributed by atoms with E-state index in [4.69, 9.17) is 0 Å². The van der Waals surface area contributed by atoms with Crippen molar-refractivity contribution in [2.24, 2.45) is 0 Å². The molecule has 0 saturated carbocycles. The number of halogens is 5. The van der Waals surface area contributed by atoms with Gasteiger partial charge in [0.1, 0.15) is 0 Å². The van der Waals surface area contributed by atoms with Crippen LogP contribution in [-0.4, -0.2) is 16.9 Å². The molecule has 0 bridgehead atoms. The van der Waals surface area contributed by atoms with Gasteiger partial charge in [0.15, 0.2) is 5.56 Å². The van der Waals surface area contributed by atoms with Gasteiger partial charge in [-0.25, -0.2) is 4.68 Å². The maximum Gasteiger partial charge on any atom is 0.426 e. The lowest BCUT2D eigenvalue weighted by Gasteiger charge is -2.05. The normalized spacial score (nSPS) is 11.7. The van der Waals surface area contributed by atoms with Crippen LogP contribution in [0.3, 0.4) is 0 Å². The zero-order chi connectivity index (χ0) is 14.2. The van der Waals surface area contributed by atoms with Gasteiger partial charge in [-0.1, -0.05) is 15.9 Å². The Morgan fingerprint density at radius 3 is 2.21 bits per heavy atom. The summed E-state index contributed by atoms with van der Waals surface area (Å²) in [6.07, 6.45) is -4.87. The van der Waals surface area contributed by atoms with Crippen molar-refractivity contribution in [3.63, 3.8) is 0 Å². The van der Waals surface area contributed by atoms with Crippen LogP contribution in [0.15, 0.2) is 28.7 Å². The Morgan fingerprint density at radius 1 is 1.21 bits per heavy atom. The number of ether oxygens (including phenoxy) is 1. The highest BCUT2D eigenvalue weighted by Crippen LogP contribution is 2.38. The topological polar surface area (TPSA) is 27.1 Å². The predicted octanol–water partition coefficient (Wildman–Crippen LogP) is 3.80. The van der Waals surface area contributed by atoms with Crippen LogP contribution >= 0.6 is 15.9 Å². The SMILES string of the molecule is COc1nn(-c2ccc(Br)cc2)c(F)c1C(F)(F)F. The first-order valence-electron chi connectivity index (χ1n) is 5.00. The molecule has 0 radical (unpaired) electrons. The number of aromatic nitrogens is 2. The Hall–Kier alpha value is -1.57. The largest absolute Gasteiger partial charge is 0.479 e. The van der Waals surface area contributed by atoms with Crippen LogP contribution < -0.4 is 4.74 Å². The van der Waals surface area contributed by atoms with E-state index in [1.54, 1.807) is 12.1 Å². The van der Waals surface area contributed by atoms with Crippen molar-refractivity contribution >= 4 is 15.9 Å². The monoisotopic (exact) mass is 338 g/mol. The number of rotatable bonds is 2. The first-order valence-corrected chi connectivity index (χ1v) is 5.79. The van der Waals surface area contributed by atoms with Crippen LogP contribution in [0.25, 0.3) is 5.69 Å². The van der Waals surface area contributed by atoms with Crippen molar-refractivity contribution in [1.29, 1.82) is 0 Å². The maximum absolute atomic E-state index is 13.9. The van der Waals surface area contributed by atoms with Gasteiger partial charge in [-0.2, -0.15) is 17.6 Å². The Labute approximate surface area is 113 Å². The van der Waals surface area contributed by atoms with E-state index in [9.17, 15) is 17.6 Å². The summed E-state index contributed by atoms with van der Waals surface area (Å²) in [5.74, 6) is -2.31. The van der Waals surface area contributed by atoms with Crippen LogP contribution in [0.5, 0.6) is 5.88 Å². The third kappa shape index (κ3) is 2.58. The standard InChI is InChI=1S/C11H7BrF4N2O/c1-19-10-8(11(14,15)16)9(13)18(17-10)7-4-2-6(12)3-5-7/h2-5H,1H3. The average molecular weight is 339 g/mol. The minimum atomic E-state index is -4.87. The van der Waals surface area contributed by atoms with E-state index in [1.165, 1.54) is 12.1 Å². The molecule has 2 aromatic rings. The van der Waals surface area contributed by atoms with Gasteiger partial charge in [0.05, 0.1) is 12.8 Å². The summed E-state index contributed by atoms with van der Waals surface area (Å²) in [6.45, 7) is 0. The van der Waals surface area contributed by atoms with Crippen LogP contribution in [0.1, 0.15) is 5.56 Å². The number of methoxy groups -OCH3 is 1. The van der Waals surface area contributed by atoms with Crippen LogP contribution in [0.4, 0.5) is 17.6 Å². The minimum Gasteiger partial charge on any atom is -0.479 e. The summed E-state index contributed by atoms with van der Waals surface area (Å²) in [5.41, 5.74) is -1.35. The molecular formula is C11H7BrF4N2O. The molecule has 0 unspecified atom stereocenters. The Morgan fingerprint density at radius 2 is 1.79 bits per heavy atom. The highest BCUT2D eigenvalue weighted by atomic mass is 79.9. The van der Waals surface area contributed by atoms with Gasteiger partial charge in [0.2, 0.25) is 11.8 Å². The first kappa shape index (κ1) is 13.9. The van der Waals surface area contributed by atoms with Crippen molar-refractivity contribution < 1.29 is 22.3 Å². The Bertz CT molecular complexity index is 592. The number of nitrogens with zero attached hydrogens (tertiary/aromatic N) is 2. The van der Waals surface area contributed by atoms with Gasteiger partial charge in [-0.05, 0) is 24.3 Å². The molecule has 0 saturated heterocycles. The molecular weight excluding hydrogens is 332 g/mol. The molecule has 1 aromatic heterocycles. The van der Waals surface area contributed by atoms with Crippen molar-refractivity contribution in [3.05, 3.63) is 40.2 Å². The van der Waals surface area contributed by atoms with Gasteiger partial charge in [0, 0.05) is 4.47 Å². The zero-order valence-electron chi connectivity index (χ0n) is 9.50.